The molecule has 0 unspecified atom stereocenters. The van der Waals surface area contributed by atoms with E-state index in [4.69, 9.17) is 31.6 Å². The molecule has 4 amide bonds. The quantitative estimate of drug-likeness (QED) is 0.106. The Morgan fingerprint density at radius 2 is 0.771 bits per heavy atom. The van der Waals surface area contributed by atoms with Crippen LogP contribution in [0.15, 0.2) is 131 Å². The smallest absolute Gasteiger partial charge is 0.339 e. The number of carbonyl (C=O) groups is 2. The van der Waals surface area contributed by atoms with E-state index >= 15 is 0 Å². The second-order valence-corrected chi connectivity index (χ2v) is 13.7. The third kappa shape index (κ3) is 9.39. The van der Waals surface area contributed by atoms with Gasteiger partial charge in [0, 0.05) is 44.9 Å². The lowest BCUT2D eigenvalue weighted by Gasteiger charge is -2.12. The summed E-state index contributed by atoms with van der Waals surface area (Å²) in [7, 11) is -8.28. The molecule has 16 heteroatoms. The zero-order valence-corrected chi connectivity index (χ0v) is 27.5. The Morgan fingerprint density at radius 3 is 1.12 bits per heavy atom. The van der Waals surface area contributed by atoms with E-state index in [9.17, 15) is 26.4 Å². The molecule has 0 aromatic heterocycles. The van der Waals surface area contributed by atoms with Crippen molar-refractivity contribution in [3.8, 4) is 11.5 Å². The fourth-order valence-electron chi connectivity index (χ4n) is 4.07. The van der Waals surface area contributed by atoms with Gasteiger partial charge in [0.2, 0.25) is 0 Å². The van der Waals surface area contributed by atoms with Crippen molar-refractivity contribution in [3.05, 3.63) is 131 Å². The number of halogens is 2. The van der Waals surface area contributed by atoms with Crippen molar-refractivity contribution in [2.75, 3.05) is 21.3 Å². The molecule has 5 aromatic carbocycles. The van der Waals surface area contributed by atoms with Gasteiger partial charge in [-0.15, -0.1) is 0 Å². The zero-order chi connectivity index (χ0) is 34.3. The highest BCUT2D eigenvalue weighted by molar-refractivity contribution is 7.87. The molecule has 5 rings (SSSR count). The number of carbonyl (C=O) groups excluding carboxylic acids is 2. The molecule has 0 aliphatic rings. The second kappa shape index (κ2) is 14.6. The first-order valence-corrected chi connectivity index (χ1v) is 17.3. The Hall–Kier alpha value is -5.28. The Balaban J connectivity index is 1.16. The van der Waals surface area contributed by atoms with Crippen molar-refractivity contribution < 1.29 is 34.8 Å². The number of urea groups is 2. The van der Waals surface area contributed by atoms with Gasteiger partial charge < -0.3 is 29.6 Å². The van der Waals surface area contributed by atoms with Gasteiger partial charge in [-0.25, -0.2) is 9.59 Å². The first-order chi connectivity index (χ1) is 22.8. The molecule has 0 aliphatic heterocycles. The summed E-state index contributed by atoms with van der Waals surface area (Å²) < 4.78 is 60.7. The van der Waals surface area contributed by atoms with Crippen molar-refractivity contribution in [1.82, 2.24) is 0 Å². The van der Waals surface area contributed by atoms with E-state index in [1.54, 1.807) is 18.2 Å². The van der Waals surface area contributed by atoms with Gasteiger partial charge in [-0.05, 0) is 91.0 Å². The van der Waals surface area contributed by atoms with Gasteiger partial charge in [-0.1, -0.05) is 41.4 Å². The minimum Gasteiger partial charge on any atom is -0.379 e. The van der Waals surface area contributed by atoms with E-state index < -0.39 is 32.3 Å². The van der Waals surface area contributed by atoms with Crippen molar-refractivity contribution in [2.24, 2.45) is 0 Å². The Morgan fingerprint density at radius 1 is 0.458 bits per heavy atom. The van der Waals surface area contributed by atoms with Gasteiger partial charge in [0.25, 0.3) is 0 Å². The third-order valence-corrected chi connectivity index (χ3v) is 9.21. The van der Waals surface area contributed by atoms with Crippen LogP contribution < -0.4 is 29.6 Å². The van der Waals surface area contributed by atoms with Gasteiger partial charge in [0.1, 0.15) is 21.3 Å². The van der Waals surface area contributed by atoms with Crippen LogP contribution in [0.2, 0.25) is 10.0 Å². The van der Waals surface area contributed by atoms with Gasteiger partial charge in [-0.2, -0.15) is 16.8 Å². The Bertz CT molecular complexity index is 2030. The number of nitrogens with one attached hydrogen (secondary N) is 4. The molecule has 0 spiro atoms. The fraction of sp³-hybridized carbons (Fsp3) is 0. The maximum absolute atomic E-state index is 12.7. The van der Waals surface area contributed by atoms with Gasteiger partial charge in [0.15, 0.2) is 0 Å². The standard InChI is InChI=1S/C32H24Cl2N4O8S2/c33-21-10-14-29(15-11-21)47(41,42)45-27-8-2-6-25(19-27)37-31(39)35-23-4-1-5-24(18-23)36-32(40)38-26-7-3-9-28(20-26)46-48(43,44)30-16-12-22(34)13-17-30/h1-20H,(H2,35,37,39)(H2,36,38,40). The Labute approximate surface area is 285 Å². The highest BCUT2D eigenvalue weighted by Crippen LogP contribution is 2.25. The molecule has 0 saturated carbocycles. The molecule has 12 nitrogen and oxygen atoms in total. The van der Waals surface area contributed by atoms with Crippen LogP contribution in [0.1, 0.15) is 0 Å². The van der Waals surface area contributed by atoms with Crippen LogP contribution in [0, 0.1) is 0 Å². The van der Waals surface area contributed by atoms with Crippen LogP contribution in [0.5, 0.6) is 11.5 Å². The average molecular weight is 728 g/mol. The highest BCUT2D eigenvalue weighted by Gasteiger charge is 2.18. The average Bonchev–Trinajstić information content (AvgIpc) is 3.01. The van der Waals surface area contributed by atoms with Gasteiger partial charge in [0.05, 0.1) is 0 Å². The third-order valence-electron chi connectivity index (χ3n) is 6.18. The first-order valence-electron chi connectivity index (χ1n) is 13.7. The van der Waals surface area contributed by atoms with Crippen molar-refractivity contribution in [1.29, 1.82) is 0 Å². The number of anilines is 4. The topological polar surface area (TPSA) is 169 Å². The first kappa shape index (κ1) is 34.1. The lowest BCUT2D eigenvalue weighted by Crippen LogP contribution is -2.21. The summed E-state index contributed by atoms with van der Waals surface area (Å²) in [6.07, 6.45) is 0. The summed E-state index contributed by atoms with van der Waals surface area (Å²) in [6, 6.07) is 27.5. The highest BCUT2D eigenvalue weighted by atomic mass is 35.5. The molecular weight excluding hydrogens is 703 g/mol. The SMILES string of the molecule is O=C(Nc1cccc(NC(=O)Nc2cccc(OS(=O)(=O)c3ccc(Cl)cc3)c2)c1)Nc1cccc(OS(=O)(=O)c2ccc(Cl)cc2)c1. The van der Waals surface area contributed by atoms with E-state index in [1.807, 2.05) is 0 Å². The van der Waals surface area contributed by atoms with Crippen molar-refractivity contribution in [3.63, 3.8) is 0 Å². The molecule has 0 atom stereocenters. The van der Waals surface area contributed by atoms with Crippen molar-refractivity contribution in [2.45, 2.75) is 9.79 Å². The molecule has 5 aromatic rings. The summed E-state index contributed by atoms with van der Waals surface area (Å²) in [5, 5.41) is 11.2. The van der Waals surface area contributed by atoms with Crippen molar-refractivity contribution >= 4 is 78.2 Å². The molecule has 0 heterocycles. The predicted octanol–water partition coefficient (Wildman–Crippen LogP) is 7.82. The van der Waals surface area contributed by atoms with Gasteiger partial charge >= 0.3 is 32.3 Å². The summed E-state index contributed by atoms with van der Waals surface area (Å²) in [6.45, 7) is 0. The van der Waals surface area contributed by atoms with Crippen LogP contribution in [0.25, 0.3) is 0 Å². The fourth-order valence-corrected chi connectivity index (χ4v) is 6.16. The van der Waals surface area contributed by atoms with E-state index in [0.717, 1.165) is 0 Å². The van der Waals surface area contributed by atoms with E-state index in [0.29, 0.717) is 21.4 Å². The minimum atomic E-state index is -4.14. The predicted molar refractivity (Wildman–Crippen MR) is 183 cm³/mol. The maximum atomic E-state index is 12.7. The largest absolute Gasteiger partial charge is 0.379 e. The molecular formula is C32H24Cl2N4O8S2. The number of hydrogen-bond donors (Lipinski definition) is 4. The minimum absolute atomic E-state index is 0.0276. The Kier molecular flexibility index (Phi) is 10.4. The number of benzene rings is 5. The summed E-state index contributed by atoms with van der Waals surface area (Å²) in [5.74, 6) is -0.0551. The monoisotopic (exact) mass is 726 g/mol. The molecule has 48 heavy (non-hydrogen) atoms. The molecule has 0 bridgehead atoms. The lowest BCUT2D eigenvalue weighted by atomic mass is 10.2. The molecule has 0 fully saturated rings. The van der Waals surface area contributed by atoms with Gasteiger partial charge in [-0.3, -0.25) is 0 Å². The normalized spacial score (nSPS) is 11.2. The number of rotatable bonds is 10. The molecule has 246 valence electrons. The van der Waals surface area contributed by atoms with Crippen LogP contribution in [0.4, 0.5) is 32.3 Å². The second-order valence-electron chi connectivity index (χ2n) is 9.78. The molecule has 0 saturated heterocycles. The number of amides is 4. The zero-order valence-electron chi connectivity index (χ0n) is 24.4. The molecule has 4 N–H and O–H groups in total. The van der Waals surface area contributed by atoms with E-state index in [2.05, 4.69) is 21.3 Å². The summed E-state index contributed by atoms with van der Waals surface area (Å²) in [5.41, 5.74) is 1.14. The van der Waals surface area contributed by atoms with Crippen LogP contribution in [0.3, 0.4) is 0 Å². The van der Waals surface area contributed by atoms with Crippen LogP contribution in [-0.4, -0.2) is 28.9 Å². The molecule has 0 radical (unpaired) electrons. The summed E-state index contributed by atoms with van der Waals surface area (Å²) >= 11 is 11.6. The number of hydrogen-bond acceptors (Lipinski definition) is 8. The van der Waals surface area contributed by atoms with Crippen LogP contribution >= 0.6 is 23.2 Å². The van der Waals surface area contributed by atoms with E-state index in [-0.39, 0.29) is 32.7 Å². The van der Waals surface area contributed by atoms with E-state index in [1.165, 1.54) is 103 Å². The van der Waals surface area contributed by atoms with Crippen LogP contribution in [-0.2, 0) is 20.2 Å². The maximum Gasteiger partial charge on any atom is 0.339 e. The summed E-state index contributed by atoms with van der Waals surface area (Å²) in [4.78, 5) is 25.2. The molecule has 0 aliphatic carbocycles. The lowest BCUT2D eigenvalue weighted by molar-refractivity contribution is 0.261.